The number of nitrogens with two attached hydrogens (primary N) is 1. The number of thioether (sulfide) groups is 1. The van der Waals surface area contributed by atoms with Crippen LogP contribution in [0.2, 0.25) is 0 Å². The summed E-state index contributed by atoms with van der Waals surface area (Å²) < 4.78 is 5.33. The summed E-state index contributed by atoms with van der Waals surface area (Å²) in [4.78, 5) is 5.53. The van der Waals surface area contributed by atoms with Gasteiger partial charge in [-0.05, 0) is 31.7 Å². The minimum atomic E-state index is -0.546. The molecule has 0 saturated carbocycles. The van der Waals surface area contributed by atoms with Crippen molar-refractivity contribution in [1.82, 2.24) is 10.1 Å². The molecule has 1 aromatic carbocycles. The monoisotopic (exact) mass is 263 g/mol. The molecule has 2 rings (SSSR count). The van der Waals surface area contributed by atoms with E-state index in [4.69, 9.17) is 10.3 Å². The summed E-state index contributed by atoms with van der Waals surface area (Å²) in [5, 5.41) is 3.99. The van der Waals surface area contributed by atoms with E-state index in [2.05, 4.69) is 10.1 Å². The Balaban J connectivity index is 2.41. The van der Waals surface area contributed by atoms with Gasteiger partial charge in [0.05, 0.1) is 11.1 Å². The largest absolute Gasteiger partial charge is 0.334 e. The van der Waals surface area contributed by atoms with Crippen molar-refractivity contribution in [3.63, 3.8) is 0 Å². The third-order valence-corrected chi connectivity index (χ3v) is 3.80. The Bertz CT molecular complexity index is 537. The number of nitrogens with zero attached hydrogens (tertiary/aromatic N) is 2. The summed E-state index contributed by atoms with van der Waals surface area (Å²) >= 11 is 1.65. The molecule has 18 heavy (non-hydrogen) atoms. The zero-order valence-electron chi connectivity index (χ0n) is 10.8. The first kappa shape index (κ1) is 13.1. The Morgan fingerprint density at radius 2 is 2.11 bits per heavy atom. The minimum Gasteiger partial charge on any atom is -0.334 e. The summed E-state index contributed by atoms with van der Waals surface area (Å²) in [5.74, 6) is 1.08. The molecule has 96 valence electrons. The fraction of sp³-hybridized carbons (Fsp3) is 0.385. The van der Waals surface area contributed by atoms with Gasteiger partial charge in [-0.15, -0.1) is 11.8 Å². The number of hydrogen-bond donors (Lipinski definition) is 1. The van der Waals surface area contributed by atoms with E-state index < -0.39 is 5.54 Å². The molecule has 0 aliphatic carbocycles. The van der Waals surface area contributed by atoms with Gasteiger partial charge < -0.3 is 10.3 Å². The molecular formula is C13H17N3OS. The van der Waals surface area contributed by atoms with Gasteiger partial charge in [0.15, 0.2) is 5.82 Å². The summed E-state index contributed by atoms with van der Waals surface area (Å²) in [6, 6.07) is 7.96. The van der Waals surface area contributed by atoms with Gasteiger partial charge in [-0.25, -0.2) is 0 Å². The molecule has 4 nitrogen and oxygen atoms in total. The third-order valence-electron chi connectivity index (χ3n) is 3.01. The Morgan fingerprint density at radius 1 is 1.39 bits per heavy atom. The number of aromatic nitrogens is 2. The van der Waals surface area contributed by atoms with Gasteiger partial charge in [0.1, 0.15) is 0 Å². The van der Waals surface area contributed by atoms with E-state index in [0.717, 1.165) is 16.9 Å². The first-order valence-corrected chi connectivity index (χ1v) is 7.07. The molecule has 0 fully saturated rings. The van der Waals surface area contributed by atoms with Crippen LogP contribution in [0.1, 0.15) is 26.1 Å². The topological polar surface area (TPSA) is 64.9 Å². The second-order valence-corrected chi connectivity index (χ2v) is 5.24. The van der Waals surface area contributed by atoms with E-state index in [-0.39, 0.29) is 0 Å². The van der Waals surface area contributed by atoms with Crippen LogP contribution in [0, 0.1) is 0 Å². The Kier molecular flexibility index (Phi) is 3.73. The van der Waals surface area contributed by atoms with Crippen molar-refractivity contribution in [2.24, 2.45) is 5.73 Å². The Labute approximate surface area is 111 Å². The fourth-order valence-electron chi connectivity index (χ4n) is 1.54. The van der Waals surface area contributed by atoms with E-state index in [0.29, 0.717) is 11.7 Å². The number of rotatable bonds is 4. The lowest BCUT2D eigenvalue weighted by molar-refractivity contribution is 0.378. The van der Waals surface area contributed by atoms with Crippen molar-refractivity contribution in [1.29, 1.82) is 0 Å². The zero-order chi connectivity index (χ0) is 13.2. The molecule has 0 bridgehead atoms. The first-order valence-electron chi connectivity index (χ1n) is 5.85. The lowest BCUT2D eigenvalue weighted by atomic mass is 10.00. The van der Waals surface area contributed by atoms with Crippen molar-refractivity contribution in [2.45, 2.75) is 30.7 Å². The number of hydrogen-bond acceptors (Lipinski definition) is 5. The number of benzene rings is 1. The second kappa shape index (κ2) is 5.12. The quantitative estimate of drug-likeness (QED) is 0.859. The summed E-state index contributed by atoms with van der Waals surface area (Å²) in [5.41, 5.74) is 6.52. The third kappa shape index (κ3) is 2.42. The van der Waals surface area contributed by atoms with Crippen LogP contribution in [-0.4, -0.2) is 16.4 Å². The van der Waals surface area contributed by atoms with Crippen LogP contribution in [0.5, 0.6) is 0 Å². The van der Waals surface area contributed by atoms with E-state index in [9.17, 15) is 0 Å². The normalized spacial score (nSPS) is 14.4. The van der Waals surface area contributed by atoms with Gasteiger partial charge in [-0.2, -0.15) is 4.98 Å². The molecular weight excluding hydrogens is 246 g/mol. The predicted octanol–water partition coefficient (Wildman–Crippen LogP) is 3.04. The highest BCUT2D eigenvalue weighted by Gasteiger charge is 2.26. The standard InChI is InChI=1S/C13H17N3OS/c1-4-13(2,14)12-15-11(17-16-12)9-7-5-6-8-10(9)18-3/h5-8H,4,14H2,1-3H3. The predicted molar refractivity (Wildman–Crippen MR) is 73.3 cm³/mol. The molecule has 0 aliphatic rings. The van der Waals surface area contributed by atoms with Crippen LogP contribution >= 0.6 is 11.8 Å². The van der Waals surface area contributed by atoms with Crippen molar-refractivity contribution < 1.29 is 4.52 Å². The van der Waals surface area contributed by atoms with Crippen LogP contribution in [0.4, 0.5) is 0 Å². The average molecular weight is 263 g/mol. The lowest BCUT2D eigenvalue weighted by Gasteiger charge is -2.16. The highest BCUT2D eigenvalue weighted by atomic mass is 32.2. The van der Waals surface area contributed by atoms with Crippen LogP contribution < -0.4 is 5.73 Å². The maximum absolute atomic E-state index is 6.11. The molecule has 1 aromatic heterocycles. The van der Waals surface area contributed by atoms with Gasteiger partial charge in [-0.1, -0.05) is 24.2 Å². The van der Waals surface area contributed by atoms with E-state index in [1.54, 1.807) is 11.8 Å². The average Bonchev–Trinajstić information content (AvgIpc) is 2.89. The molecule has 1 atom stereocenters. The highest BCUT2D eigenvalue weighted by Crippen LogP contribution is 2.30. The highest BCUT2D eigenvalue weighted by molar-refractivity contribution is 7.98. The fourth-order valence-corrected chi connectivity index (χ4v) is 2.13. The molecule has 0 radical (unpaired) electrons. The van der Waals surface area contributed by atoms with Crippen molar-refractivity contribution in [3.05, 3.63) is 30.1 Å². The van der Waals surface area contributed by atoms with E-state index in [1.807, 2.05) is 44.4 Å². The SMILES string of the molecule is CCC(C)(N)c1noc(-c2ccccc2SC)n1. The molecule has 0 spiro atoms. The summed E-state index contributed by atoms with van der Waals surface area (Å²) in [7, 11) is 0. The molecule has 2 aromatic rings. The molecule has 5 heteroatoms. The minimum absolute atomic E-state index is 0.528. The van der Waals surface area contributed by atoms with Crippen LogP contribution in [0.3, 0.4) is 0 Å². The summed E-state index contributed by atoms with van der Waals surface area (Å²) in [6.45, 7) is 3.91. The second-order valence-electron chi connectivity index (χ2n) is 4.39. The van der Waals surface area contributed by atoms with Crippen LogP contribution in [0.25, 0.3) is 11.5 Å². The first-order chi connectivity index (χ1) is 8.58. The van der Waals surface area contributed by atoms with Gasteiger partial charge >= 0.3 is 0 Å². The smallest absolute Gasteiger partial charge is 0.259 e. The molecule has 2 N–H and O–H groups in total. The van der Waals surface area contributed by atoms with Crippen LogP contribution in [0.15, 0.2) is 33.7 Å². The molecule has 0 amide bonds. The van der Waals surface area contributed by atoms with E-state index >= 15 is 0 Å². The molecule has 1 heterocycles. The van der Waals surface area contributed by atoms with E-state index in [1.165, 1.54) is 0 Å². The lowest BCUT2D eigenvalue weighted by Crippen LogP contribution is -2.33. The van der Waals surface area contributed by atoms with Gasteiger partial charge in [0, 0.05) is 4.90 Å². The zero-order valence-corrected chi connectivity index (χ0v) is 11.6. The van der Waals surface area contributed by atoms with Crippen molar-refractivity contribution >= 4 is 11.8 Å². The van der Waals surface area contributed by atoms with Crippen molar-refractivity contribution in [3.8, 4) is 11.5 Å². The molecule has 0 saturated heterocycles. The van der Waals surface area contributed by atoms with Gasteiger partial charge in [-0.3, -0.25) is 0 Å². The maximum Gasteiger partial charge on any atom is 0.259 e. The van der Waals surface area contributed by atoms with Crippen molar-refractivity contribution in [2.75, 3.05) is 6.26 Å². The van der Waals surface area contributed by atoms with Gasteiger partial charge in [0.2, 0.25) is 0 Å². The molecule has 1 unspecified atom stereocenters. The Morgan fingerprint density at radius 3 is 2.78 bits per heavy atom. The van der Waals surface area contributed by atoms with Crippen LogP contribution in [-0.2, 0) is 5.54 Å². The van der Waals surface area contributed by atoms with Gasteiger partial charge in [0.25, 0.3) is 5.89 Å². The Hall–Kier alpha value is -1.33. The summed E-state index contributed by atoms with van der Waals surface area (Å²) in [6.07, 6.45) is 2.78. The molecule has 0 aliphatic heterocycles. The maximum atomic E-state index is 6.11.